The third-order valence-electron chi connectivity index (χ3n) is 4.05. The number of rotatable bonds is 4. The molecule has 6 N–H and O–H groups in total. The number of hydrogen-bond donors (Lipinski definition) is 5. The van der Waals surface area contributed by atoms with Crippen LogP contribution in [0.15, 0.2) is 53.0 Å². The molecule has 0 saturated heterocycles. The first-order valence-electron chi connectivity index (χ1n) is 7.97. The number of nitrogens with zero attached hydrogens (tertiary/aromatic N) is 1. The summed E-state index contributed by atoms with van der Waals surface area (Å²) in [5.74, 6) is -0.888. The van der Waals surface area contributed by atoms with E-state index in [0.717, 1.165) is 21.5 Å². The lowest BCUT2D eigenvalue weighted by Crippen LogP contribution is -2.35. The van der Waals surface area contributed by atoms with E-state index in [-0.39, 0.29) is 10.8 Å². The van der Waals surface area contributed by atoms with Gasteiger partial charge in [0.05, 0.1) is 31.9 Å². The highest BCUT2D eigenvalue weighted by atomic mass is 32.2. The van der Waals surface area contributed by atoms with E-state index in [4.69, 9.17) is 11.1 Å². The van der Waals surface area contributed by atoms with Gasteiger partial charge in [-0.25, -0.2) is 18.1 Å². The summed E-state index contributed by atoms with van der Waals surface area (Å²) in [6.07, 6.45) is 1.58. The topological polar surface area (TPSA) is 150 Å². The number of sulfonamides is 1. The lowest BCUT2D eigenvalue weighted by atomic mass is 10.1. The smallest absolute Gasteiger partial charge is 0.264 e. The minimum absolute atomic E-state index is 0.0313. The fourth-order valence-corrected chi connectivity index (χ4v) is 4.58. The molecule has 0 saturated carbocycles. The molecule has 2 heterocycles. The molecule has 1 aliphatic heterocycles. The highest BCUT2D eigenvalue weighted by Crippen LogP contribution is 2.39. The quantitative estimate of drug-likeness (QED) is 0.250. The van der Waals surface area contributed by atoms with E-state index < -0.39 is 16.0 Å². The van der Waals surface area contributed by atoms with E-state index in [1.807, 2.05) is 16.9 Å². The van der Waals surface area contributed by atoms with Gasteiger partial charge in [0.25, 0.3) is 15.9 Å². The van der Waals surface area contributed by atoms with Crippen LogP contribution in [0.25, 0.3) is 15.8 Å². The lowest BCUT2D eigenvalue weighted by Gasteiger charge is -2.07. The number of nitrogens with two attached hydrogens (primary N) is 1. The van der Waals surface area contributed by atoms with Crippen LogP contribution in [-0.2, 0) is 14.8 Å². The Bertz CT molecular complexity index is 1250. The number of amides is 1. The second-order valence-corrected chi connectivity index (χ2v) is 8.43. The Kier molecular flexibility index (Phi) is 4.24. The van der Waals surface area contributed by atoms with Crippen molar-refractivity contribution >= 4 is 60.4 Å². The summed E-state index contributed by atoms with van der Waals surface area (Å²) in [6, 6.07) is 9.51. The van der Waals surface area contributed by atoms with Crippen LogP contribution >= 0.6 is 11.3 Å². The summed E-state index contributed by atoms with van der Waals surface area (Å²) >= 11 is 1.46. The summed E-state index contributed by atoms with van der Waals surface area (Å²) < 4.78 is 26.8. The van der Waals surface area contributed by atoms with Gasteiger partial charge >= 0.3 is 0 Å². The van der Waals surface area contributed by atoms with Gasteiger partial charge < -0.3 is 16.4 Å². The molecule has 3 aromatic rings. The number of guanidine groups is 1. The van der Waals surface area contributed by atoms with E-state index in [0.29, 0.717) is 11.3 Å². The fourth-order valence-electron chi connectivity index (χ4n) is 2.83. The molecule has 0 bridgehead atoms. The van der Waals surface area contributed by atoms with Crippen molar-refractivity contribution in [3.05, 3.63) is 53.7 Å². The zero-order chi connectivity index (χ0) is 19.9. The monoisotopic (exact) mass is 414 g/mol. The Hall–Kier alpha value is -3.44. The molecule has 0 unspecified atom stereocenters. The largest absolute Gasteiger partial charge is 0.369 e. The van der Waals surface area contributed by atoms with Gasteiger partial charge in [0.15, 0.2) is 5.96 Å². The molecule has 1 amide bonds. The van der Waals surface area contributed by atoms with Crippen LogP contribution in [0.3, 0.4) is 0 Å². The summed E-state index contributed by atoms with van der Waals surface area (Å²) in [5.41, 5.74) is 10.2. The van der Waals surface area contributed by atoms with E-state index in [9.17, 15) is 13.2 Å². The lowest BCUT2D eigenvalue weighted by molar-refractivity contribution is -0.110. The van der Waals surface area contributed by atoms with Crippen molar-refractivity contribution in [2.24, 2.45) is 5.73 Å². The first-order chi connectivity index (χ1) is 13.3. The van der Waals surface area contributed by atoms with Gasteiger partial charge in [0, 0.05) is 17.5 Å². The molecule has 0 aliphatic carbocycles. The van der Waals surface area contributed by atoms with Gasteiger partial charge in [0.2, 0.25) is 0 Å². The van der Waals surface area contributed by atoms with Gasteiger partial charge in [0.1, 0.15) is 0 Å². The number of anilines is 2. The van der Waals surface area contributed by atoms with Gasteiger partial charge in [-0.1, -0.05) is 0 Å². The normalized spacial score (nSPS) is 14.7. The maximum atomic E-state index is 12.4. The van der Waals surface area contributed by atoms with Gasteiger partial charge in [-0.3, -0.25) is 10.2 Å². The van der Waals surface area contributed by atoms with Crippen LogP contribution in [0.5, 0.6) is 0 Å². The van der Waals surface area contributed by atoms with Crippen LogP contribution in [0.1, 0.15) is 5.56 Å². The number of carbonyl (C=O) groups is 1. The molecule has 0 atom stereocenters. The molecular weight excluding hydrogens is 400 g/mol. The van der Waals surface area contributed by atoms with Crippen molar-refractivity contribution in [3.63, 3.8) is 0 Å². The van der Waals surface area contributed by atoms with Crippen molar-refractivity contribution in [2.75, 3.05) is 10.6 Å². The minimum atomic E-state index is -3.89. The average Bonchev–Trinajstić information content (AvgIpc) is 3.22. The molecule has 0 radical (unpaired) electrons. The standard InChI is InChI=1S/C17H14N6O3S2/c18-17(19)23-28(25,26)10-3-1-9(2-4-10)20-7-11-14-12(22-16(11)24)5-6-13-15(14)27-8-21-13/h1-8,20H,(H,22,24)(H4,18,19,23)/b11-7-. The SMILES string of the molecule is N=C(N)NS(=O)(=O)c1ccc(N/C=C2\C(=O)Nc3ccc4ncsc4c32)cc1. The average molecular weight is 414 g/mol. The summed E-state index contributed by atoms with van der Waals surface area (Å²) in [6.45, 7) is 0. The van der Waals surface area contributed by atoms with Gasteiger partial charge in [-0.05, 0) is 36.4 Å². The molecular formula is C17H14N6O3S2. The Morgan fingerprint density at radius 3 is 2.68 bits per heavy atom. The predicted octanol–water partition coefficient (Wildman–Crippen LogP) is 1.87. The van der Waals surface area contributed by atoms with Crippen LogP contribution < -0.4 is 21.1 Å². The molecule has 28 heavy (non-hydrogen) atoms. The zero-order valence-corrected chi connectivity index (χ0v) is 15.8. The third kappa shape index (κ3) is 3.17. The molecule has 1 aliphatic rings. The molecule has 9 nitrogen and oxygen atoms in total. The Morgan fingerprint density at radius 2 is 1.96 bits per heavy atom. The third-order valence-corrected chi connectivity index (χ3v) is 6.29. The van der Waals surface area contributed by atoms with E-state index >= 15 is 0 Å². The number of benzene rings is 2. The van der Waals surface area contributed by atoms with Crippen LogP contribution in [-0.4, -0.2) is 25.3 Å². The van der Waals surface area contributed by atoms with Crippen LogP contribution in [0.4, 0.5) is 11.4 Å². The van der Waals surface area contributed by atoms with E-state index in [2.05, 4.69) is 15.6 Å². The highest BCUT2D eigenvalue weighted by Gasteiger charge is 2.27. The predicted molar refractivity (Wildman–Crippen MR) is 109 cm³/mol. The zero-order valence-electron chi connectivity index (χ0n) is 14.2. The molecule has 4 rings (SSSR count). The summed E-state index contributed by atoms with van der Waals surface area (Å²) in [4.78, 5) is 16.6. The van der Waals surface area contributed by atoms with E-state index in [1.165, 1.54) is 23.5 Å². The minimum Gasteiger partial charge on any atom is -0.369 e. The number of aromatic nitrogens is 1. The van der Waals surface area contributed by atoms with Crippen molar-refractivity contribution < 1.29 is 13.2 Å². The van der Waals surface area contributed by atoms with Crippen molar-refractivity contribution in [1.29, 1.82) is 5.41 Å². The maximum Gasteiger partial charge on any atom is 0.264 e. The Balaban J connectivity index is 1.61. The van der Waals surface area contributed by atoms with Gasteiger partial charge in [-0.2, -0.15) is 0 Å². The van der Waals surface area contributed by atoms with Crippen LogP contribution in [0.2, 0.25) is 0 Å². The van der Waals surface area contributed by atoms with Gasteiger partial charge in [-0.15, -0.1) is 11.3 Å². The first kappa shape index (κ1) is 17.9. The Labute approximate surface area is 163 Å². The number of fused-ring (bicyclic) bond motifs is 3. The summed E-state index contributed by atoms with van der Waals surface area (Å²) in [7, 11) is -3.89. The second-order valence-electron chi connectivity index (χ2n) is 5.89. The van der Waals surface area contributed by atoms with E-state index in [1.54, 1.807) is 23.8 Å². The number of carbonyl (C=O) groups excluding carboxylic acids is 1. The number of thiazole rings is 1. The maximum absolute atomic E-state index is 12.4. The molecule has 1 aromatic heterocycles. The molecule has 0 fully saturated rings. The molecule has 2 aromatic carbocycles. The summed E-state index contributed by atoms with van der Waals surface area (Å²) in [5, 5.41) is 12.9. The number of hydrogen-bond acceptors (Lipinski definition) is 7. The first-order valence-corrected chi connectivity index (χ1v) is 10.3. The highest BCUT2D eigenvalue weighted by molar-refractivity contribution is 7.90. The number of nitrogens with one attached hydrogen (secondary N) is 4. The van der Waals surface area contributed by atoms with Crippen molar-refractivity contribution in [1.82, 2.24) is 9.71 Å². The van der Waals surface area contributed by atoms with Crippen LogP contribution in [0, 0.1) is 5.41 Å². The van der Waals surface area contributed by atoms with Crippen molar-refractivity contribution in [2.45, 2.75) is 4.90 Å². The Morgan fingerprint density at radius 1 is 1.21 bits per heavy atom. The molecule has 142 valence electrons. The fraction of sp³-hybridized carbons (Fsp3) is 0. The molecule has 0 spiro atoms. The molecule has 11 heteroatoms. The van der Waals surface area contributed by atoms with Crippen molar-refractivity contribution in [3.8, 4) is 0 Å². The second kappa shape index (κ2) is 6.62.